The second-order valence-electron chi connectivity index (χ2n) is 22.4. The molecule has 0 N–H and O–H groups in total. The first-order valence-electron chi connectivity index (χ1n) is 33.4. The van der Waals surface area contributed by atoms with Crippen LogP contribution in [0, 0.1) is 0 Å². The van der Waals surface area contributed by atoms with E-state index in [9.17, 15) is 14.4 Å². The summed E-state index contributed by atoms with van der Waals surface area (Å²) in [7, 11) is 0. The van der Waals surface area contributed by atoms with E-state index in [4.69, 9.17) is 14.2 Å². The van der Waals surface area contributed by atoms with Crippen LogP contribution in [0.3, 0.4) is 0 Å². The maximum Gasteiger partial charge on any atom is 0.306 e. The zero-order chi connectivity index (χ0) is 55.7. The minimum absolute atomic E-state index is 0.0707. The van der Waals surface area contributed by atoms with E-state index in [1.165, 1.54) is 205 Å². The van der Waals surface area contributed by atoms with Crippen molar-refractivity contribution < 1.29 is 28.6 Å². The van der Waals surface area contributed by atoms with Gasteiger partial charge in [0.25, 0.3) is 0 Å². The number of carbonyl (C=O) groups excluding carboxylic acids is 3. The zero-order valence-corrected chi connectivity index (χ0v) is 51.2. The van der Waals surface area contributed by atoms with E-state index in [1.54, 1.807) is 0 Å². The number of allylic oxidation sites excluding steroid dienone is 12. The van der Waals surface area contributed by atoms with Gasteiger partial charge in [-0.25, -0.2) is 0 Å². The Kier molecular flexibility index (Phi) is 62.7. The number of carbonyl (C=O) groups is 3. The third-order valence-electron chi connectivity index (χ3n) is 14.7. The van der Waals surface area contributed by atoms with Gasteiger partial charge in [0.1, 0.15) is 13.2 Å². The largest absolute Gasteiger partial charge is 0.462 e. The molecule has 0 aliphatic rings. The minimum atomic E-state index is -0.774. The number of ether oxygens (including phenoxy) is 3. The zero-order valence-electron chi connectivity index (χ0n) is 51.2. The molecule has 0 aliphatic carbocycles. The third-order valence-corrected chi connectivity index (χ3v) is 14.7. The van der Waals surface area contributed by atoms with Gasteiger partial charge in [-0.05, 0) is 70.6 Å². The van der Waals surface area contributed by atoms with E-state index in [0.717, 1.165) is 96.3 Å². The molecule has 6 heteroatoms. The van der Waals surface area contributed by atoms with Gasteiger partial charge >= 0.3 is 17.9 Å². The van der Waals surface area contributed by atoms with Crippen LogP contribution >= 0.6 is 0 Å². The molecule has 446 valence electrons. The molecular formula is C71H126O6. The maximum atomic E-state index is 12.9. The molecule has 0 fully saturated rings. The molecule has 0 aromatic heterocycles. The van der Waals surface area contributed by atoms with Crippen molar-refractivity contribution in [1.82, 2.24) is 0 Å². The molecule has 0 rings (SSSR count). The molecule has 0 saturated carbocycles. The van der Waals surface area contributed by atoms with Crippen LogP contribution in [0.2, 0.25) is 0 Å². The second-order valence-corrected chi connectivity index (χ2v) is 22.4. The summed E-state index contributed by atoms with van der Waals surface area (Å²) in [6.07, 6.45) is 84.9. The Morgan fingerprint density at radius 2 is 0.506 bits per heavy atom. The standard InChI is InChI=1S/C71H126O6/c1-4-7-10-13-16-19-22-25-27-29-31-32-33-34-35-36-37-38-39-40-41-43-44-46-49-52-55-58-61-64-70(73)76-67-68(66-75-69(72)63-60-57-54-51-48-24-21-18-15-12-9-6-3)77-71(74)65-62-59-56-53-50-47-45-42-30-28-26-23-20-17-14-11-8-5-2/h7,10,16,19,25,27,31-32,34-35,37-38,68H,4-6,8-9,11-15,17-18,20-24,26,28-30,33,36,39-67H2,1-3H3/b10-7-,19-16-,27-25-,32-31-,35-34-,38-37-. The number of unbranched alkanes of at least 4 members (excludes halogenated alkanes) is 38. The van der Waals surface area contributed by atoms with Crippen molar-refractivity contribution in [2.24, 2.45) is 0 Å². The normalized spacial score (nSPS) is 12.5. The van der Waals surface area contributed by atoms with Crippen LogP contribution < -0.4 is 0 Å². The predicted molar refractivity (Wildman–Crippen MR) is 335 cm³/mol. The third kappa shape index (κ3) is 63.6. The summed E-state index contributed by atoms with van der Waals surface area (Å²) in [6, 6.07) is 0. The highest BCUT2D eigenvalue weighted by Crippen LogP contribution is 2.18. The van der Waals surface area contributed by atoms with Crippen LogP contribution in [0.4, 0.5) is 0 Å². The summed E-state index contributed by atoms with van der Waals surface area (Å²) in [6.45, 7) is 6.57. The van der Waals surface area contributed by atoms with Crippen molar-refractivity contribution in [1.29, 1.82) is 0 Å². The summed E-state index contributed by atoms with van der Waals surface area (Å²) in [4.78, 5) is 38.3. The fourth-order valence-corrected chi connectivity index (χ4v) is 9.74. The van der Waals surface area contributed by atoms with Gasteiger partial charge in [0, 0.05) is 19.3 Å². The molecule has 0 bridgehead atoms. The quantitative estimate of drug-likeness (QED) is 0.0261. The van der Waals surface area contributed by atoms with E-state index < -0.39 is 6.10 Å². The van der Waals surface area contributed by atoms with Crippen molar-refractivity contribution >= 4 is 17.9 Å². The fourth-order valence-electron chi connectivity index (χ4n) is 9.74. The minimum Gasteiger partial charge on any atom is -0.462 e. The summed E-state index contributed by atoms with van der Waals surface area (Å²) in [5.74, 6) is -0.855. The molecule has 0 spiro atoms. The van der Waals surface area contributed by atoms with Crippen molar-refractivity contribution in [3.8, 4) is 0 Å². The van der Waals surface area contributed by atoms with Crippen molar-refractivity contribution in [3.05, 3.63) is 72.9 Å². The van der Waals surface area contributed by atoms with Crippen LogP contribution in [0.1, 0.15) is 342 Å². The molecule has 77 heavy (non-hydrogen) atoms. The van der Waals surface area contributed by atoms with Crippen LogP contribution in [0.15, 0.2) is 72.9 Å². The molecule has 0 radical (unpaired) electrons. The Bertz CT molecular complexity index is 1420. The van der Waals surface area contributed by atoms with E-state index >= 15 is 0 Å². The lowest BCUT2D eigenvalue weighted by atomic mass is 10.0. The van der Waals surface area contributed by atoms with Gasteiger partial charge in [-0.15, -0.1) is 0 Å². The predicted octanol–water partition coefficient (Wildman–Crippen LogP) is 22.9. The first-order valence-corrected chi connectivity index (χ1v) is 33.4. The van der Waals surface area contributed by atoms with Gasteiger partial charge in [-0.1, -0.05) is 325 Å². The lowest BCUT2D eigenvalue weighted by Gasteiger charge is -2.18. The lowest BCUT2D eigenvalue weighted by Crippen LogP contribution is -2.30. The average molecular weight is 1080 g/mol. The van der Waals surface area contributed by atoms with Crippen molar-refractivity contribution in [3.63, 3.8) is 0 Å². The van der Waals surface area contributed by atoms with Crippen LogP contribution in [-0.2, 0) is 28.6 Å². The molecule has 1 unspecified atom stereocenters. The van der Waals surface area contributed by atoms with Crippen LogP contribution in [-0.4, -0.2) is 37.2 Å². The van der Waals surface area contributed by atoms with E-state index in [1.807, 2.05) is 0 Å². The average Bonchev–Trinajstić information content (AvgIpc) is 3.43. The smallest absolute Gasteiger partial charge is 0.306 e. The molecule has 0 amide bonds. The Morgan fingerprint density at radius 3 is 0.792 bits per heavy atom. The fraction of sp³-hybridized carbons (Fsp3) is 0.789. The van der Waals surface area contributed by atoms with E-state index in [0.29, 0.717) is 19.3 Å². The highest BCUT2D eigenvalue weighted by Gasteiger charge is 2.19. The molecule has 0 heterocycles. The Balaban J connectivity index is 4.24. The number of esters is 3. The lowest BCUT2D eigenvalue weighted by molar-refractivity contribution is -0.167. The Labute approximate surface area is 478 Å². The summed E-state index contributed by atoms with van der Waals surface area (Å²) in [5, 5.41) is 0. The first kappa shape index (κ1) is 73.8. The molecule has 1 atom stereocenters. The second kappa shape index (κ2) is 65.4. The van der Waals surface area contributed by atoms with Crippen molar-refractivity contribution in [2.45, 2.75) is 348 Å². The highest BCUT2D eigenvalue weighted by atomic mass is 16.6. The molecule has 0 aromatic carbocycles. The number of hydrogen-bond donors (Lipinski definition) is 0. The van der Waals surface area contributed by atoms with Gasteiger partial charge in [0.2, 0.25) is 0 Å². The van der Waals surface area contributed by atoms with Gasteiger partial charge in [-0.2, -0.15) is 0 Å². The monoisotopic (exact) mass is 1070 g/mol. The first-order chi connectivity index (χ1) is 38.0. The number of rotatable bonds is 61. The van der Waals surface area contributed by atoms with E-state index in [2.05, 4.69) is 93.7 Å². The van der Waals surface area contributed by atoms with Gasteiger partial charge in [0.15, 0.2) is 6.10 Å². The van der Waals surface area contributed by atoms with E-state index in [-0.39, 0.29) is 31.1 Å². The number of hydrogen-bond acceptors (Lipinski definition) is 6. The Morgan fingerprint density at radius 1 is 0.273 bits per heavy atom. The van der Waals surface area contributed by atoms with Crippen molar-refractivity contribution in [2.75, 3.05) is 13.2 Å². The molecular weight excluding hydrogens is 949 g/mol. The summed E-state index contributed by atoms with van der Waals surface area (Å²) in [5.41, 5.74) is 0. The van der Waals surface area contributed by atoms with Gasteiger partial charge in [-0.3, -0.25) is 14.4 Å². The molecule has 0 saturated heterocycles. The molecule has 0 aliphatic heterocycles. The highest BCUT2D eigenvalue weighted by molar-refractivity contribution is 5.71. The maximum absolute atomic E-state index is 12.9. The molecule has 6 nitrogen and oxygen atoms in total. The summed E-state index contributed by atoms with van der Waals surface area (Å²) < 4.78 is 16.9. The summed E-state index contributed by atoms with van der Waals surface area (Å²) >= 11 is 0. The van der Waals surface area contributed by atoms with Crippen LogP contribution in [0.25, 0.3) is 0 Å². The topological polar surface area (TPSA) is 78.9 Å². The Hall–Kier alpha value is -3.15. The van der Waals surface area contributed by atoms with Gasteiger partial charge < -0.3 is 14.2 Å². The SMILES string of the molecule is CC/C=C\C/C=C\C/C=C\C/C=C\C/C=C\C/C=C\CCCCCCCCCCCCC(=O)OCC(COC(=O)CCCCCCCCCCCCCC)OC(=O)CCCCCCCCCCCCCCCCCCCC. The molecule has 0 aromatic rings. The van der Waals surface area contributed by atoms with Crippen LogP contribution in [0.5, 0.6) is 0 Å². The van der Waals surface area contributed by atoms with Gasteiger partial charge in [0.05, 0.1) is 0 Å².